The van der Waals surface area contributed by atoms with Gasteiger partial charge in [0.1, 0.15) is 11.5 Å². The zero-order valence-electron chi connectivity index (χ0n) is 17.1. The van der Waals surface area contributed by atoms with E-state index < -0.39 is 5.41 Å². The highest BCUT2D eigenvalue weighted by Gasteiger charge is 2.45. The molecule has 0 bridgehead atoms. The van der Waals surface area contributed by atoms with Gasteiger partial charge >= 0.3 is 5.97 Å². The van der Waals surface area contributed by atoms with Crippen molar-refractivity contribution in [2.24, 2.45) is 11.3 Å². The zero-order valence-corrected chi connectivity index (χ0v) is 17.1. The van der Waals surface area contributed by atoms with Crippen LogP contribution in [0.1, 0.15) is 31.9 Å². The van der Waals surface area contributed by atoms with Gasteiger partial charge in [-0.05, 0) is 38.6 Å². The number of aromatic nitrogens is 1. The number of carbonyl (C=O) groups excluding carboxylic acids is 1. The van der Waals surface area contributed by atoms with E-state index in [1.165, 1.54) is 0 Å². The van der Waals surface area contributed by atoms with E-state index in [1.807, 2.05) is 43.3 Å². The molecule has 29 heavy (non-hydrogen) atoms. The lowest BCUT2D eigenvalue weighted by Gasteiger charge is -2.41. The topological polar surface area (TPSA) is 64.8 Å². The zero-order chi connectivity index (χ0) is 20.1. The smallest absolute Gasteiger partial charge is 0.313 e. The normalized spacial score (nSPS) is 25.2. The Kier molecular flexibility index (Phi) is 6.31. The molecule has 2 aliphatic rings. The lowest BCUT2D eigenvalue weighted by atomic mass is 9.76. The van der Waals surface area contributed by atoms with Crippen molar-refractivity contribution in [3.63, 3.8) is 0 Å². The molecule has 6 nitrogen and oxygen atoms in total. The minimum absolute atomic E-state index is 0.120. The highest BCUT2D eigenvalue weighted by molar-refractivity contribution is 5.77. The van der Waals surface area contributed by atoms with Gasteiger partial charge in [-0.2, -0.15) is 0 Å². The van der Waals surface area contributed by atoms with Gasteiger partial charge in [-0.3, -0.25) is 4.79 Å². The fourth-order valence-corrected chi connectivity index (χ4v) is 4.62. The second-order valence-electron chi connectivity index (χ2n) is 8.29. The standard InChI is InChI=1S/C23H30N2O4/c1-2-28-22(26)23(10-6-11-25(17-23)15-18-9-12-27-16-18)14-20-13-21(24-29-20)19-7-4-3-5-8-19/h3-5,7-8,13,18H,2,6,9-12,14-17H2,1H3/t18-,23-/m0/s1. The Morgan fingerprint density at radius 2 is 2.21 bits per heavy atom. The van der Waals surface area contributed by atoms with Crippen LogP contribution in [0.15, 0.2) is 40.9 Å². The second kappa shape index (κ2) is 9.09. The third-order valence-corrected chi connectivity index (χ3v) is 6.05. The summed E-state index contributed by atoms with van der Waals surface area (Å²) in [6, 6.07) is 11.9. The molecule has 2 atom stereocenters. The number of likely N-dealkylation sites (tertiary alicyclic amines) is 1. The first kappa shape index (κ1) is 20.1. The Morgan fingerprint density at radius 1 is 1.34 bits per heavy atom. The summed E-state index contributed by atoms with van der Waals surface area (Å²) < 4.78 is 16.7. The molecule has 0 saturated carbocycles. The van der Waals surface area contributed by atoms with Crippen molar-refractivity contribution in [3.05, 3.63) is 42.2 Å². The summed E-state index contributed by atoms with van der Waals surface area (Å²) in [5.41, 5.74) is 1.23. The average Bonchev–Trinajstić information content (AvgIpc) is 3.41. The largest absolute Gasteiger partial charge is 0.466 e. The Labute approximate surface area is 172 Å². The van der Waals surface area contributed by atoms with Crippen LogP contribution in [0.4, 0.5) is 0 Å². The molecular formula is C23H30N2O4. The molecule has 0 spiro atoms. The van der Waals surface area contributed by atoms with Gasteiger partial charge in [-0.15, -0.1) is 0 Å². The molecule has 1 aromatic heterocycles. The monoisotopic (exact) mass is 398 g/mol. The van der Waals surface area contributed by atoms with E-state index >= 15 is 0 Å². The highest BCUT2D eigenvalue weighted by Crippen LogP contribution is 2.36. The van der Waals surface area contributed by atoms with Crippen molar-refractivity contribution in [1.29, 1.82) is 0 Å². The molecule has 0 amide bonds. The molecule has 2 aromatic rings. The first-order chi connectivity index (χ1) is 14.2. The third-order valence-electron chi connectivity index (χ3n) is 6.05. The number of carbonyl (C=O) groups is 1. The van der Waals surface area contributed by atoms with Crippen LogP contribution in [0.25, 0.3) is 11.3 Å². The van der Waals surface area contributed by atoms with Crippen LogP contribution in [-0.4, -0.2) is 55.5 Å². The summed E-state index contributed by atoms with van der Waals surface area (Å²) in [6.07, 6.45) is 3.41. The number of nitrogens with zero attached hydrogens (tertiary/aromatic N) is 2. The van der Waals surface area contributed by atoms with Crippen LogP contribution < -0.4 is 0 Å². The van der Waals surface area contributed by atoms with Gasteiger partial charge in [0.2, 0.25) is 0 Å². The average molecular weight is 399 g/mol. The first-order valence-corrected chi connectivity index (χ1v) is 10.7. The van der Waals surface area contributed by atoms with E-state index in [4.69, 9.17) is 14.0 Å². The van der Waals surface area contributed by atoms with Gasteiger partial charge in [-0.1, -0.05) is 35.5 Å². The number of piperidine rings is 1. The van der Waals surface area contributed by atoms with Gasteiger partial charge in [0.05, 0.1) is 18.6 Å². The van der Waals surface area contributed by atoms with Gasteiger partial charge < -0.3 is 18.9 Å². The van der Waals surface area contributed by atoms with Crippen LogP contribution in [-0.2, 0) is 20.7 Å². The summed E-state index contributed by atoms with van der Waals surface area (Å²) in [5.74, 6) is 1.18. The van der Waals surface area contributed by atoms with Crippen LogP contribution in [0.3, 0.4) is 0 Å². The minimum atomic E-state index is -0.582. The maximum Gasteiger partial charge on any atom is 0.313 e. The number of hydrogen-bond donors (Lipinski definition) is 0. The quantitative estimate of drug-likeness (QED) is 0.665. The van der Waals surface area contributed by atoms with E-state index in [2.05, 4.69) is 10.1 Å². The summed E-state index contributed by atoms with van der Waals surface area (Å²) in [6.45, 7) is 6.62. The van der Waals surface area contributed by atoms with Gasteiger partial charge in [0.25, 0.3) is 0 Å². The maximum atomic E-state index is 13.0. The van der Waals surface area contributed by atoms with Crippen molar-refractivity contribution in [2.75, 3.05) is 39.5 Å². The fourth-order valence-electron chi connectivity index (χ4n) is 4.62. The van der Waals surface area contributed by atoms with E-state index in [1.54, 1.807) is 0 Å². The number of benzene rings is 1. The van der Waals surface area contributed by atoms with Gasteiger partial charge in [0, 0.05) is 37.7 Å². The van der Waals surface area contributed by atoms with Crippen molar-refractivity contribution in [3.8, 4) is 11.3 Å². The minimum Gasteiger partial charge on any atom is -0.466 e. The predicted octanol–water partition coefficient (Wildman–Crippen LogP) is 3.57. The number of hydrogen-bond acceptors (Lipinski definition) is 6. The molecule has 0 N–H and O–H groups in total. The third kappa shape index (κ3) is 4.70. The Morgan fingerprint density at radius 3 is 2.97 bits per heavy atom. The van der Waals surface area contributed by atoms with Crippen LogP contribution >= 0.6 is 0 Å². The van der Waals surface area contributed by atoms with Gasteiger partial charge in [0.15, 0.2) is 0 Å². The molecule has 0 unspecified atom stereocenters. The van der Waals surface area contributed by atoms with Gasteiger partial charge in [-0.25, -0.2) is 0 Å². The van der Waals surface area contributed by atoms with Crippen LogP contribution in [0.5, 0.6) is 0 Å². The molecule has 2 aliphatic heterocycles. The predicted molar refractivity (Wildman–Crippen MR) is 109 cm³/mol. The summed E-state index contributed by atoms with van der Waals surface area (Å²) >= 11 is 0. The van der Waals surface area contributed by atoms with E-state index in [-0.39, 0.29) is 5.97 Å². The Bertz CT molecular complexity index is 800. The van der Waals surface area contributed by atoms with Crippen LogP contribution in [0, 0.1) is 11.3 Å². The maximum absolute atomic E-state index is 13.0. The van der Waals surface area contributed by atoms with Crippen molar-refractivity contribution >= 4 is 5.97 Å². The molecule has 6 heteroatoms. The molecule has 2 saturated heterocycles. The molecule has 4 rings (SSSR count). The van der Waals surface area contributed by atoms with Crippen molar-refractivity contribution in [1.82, 2.24) is 10.1 Å². The molecule has 3 heterocycles. The lowest BCUT2D eigenvalue weighted by molar-refractivity contribution is -0.159. The van der Waals surface area contributed by atoms with E-state index in [9.17, 15) is 4.79 Å². The summed E-state index contributed by atoms with van der Waals surface area (Å²) in [7, 11) is 0. The molecule has 2 fully saturated rings. The fraction of sp³-hybridized carbons (Fsp3) is 0.565. The SMILES string of the molecule is CCOC(=O)[C@]1(Cc2cc(-c3ccccc3)no2)CCCN(C[C@@H]2CCOC2)C1. The number of ether oxygens (including phenoxy) is 2. The second-order valence-corrected chi connectivity index (χ2v) is 8.29. The lowest BCUT2D eigenvalue weighted by Crippen LogP contribution is -2.50. The molecular weight excluding hydrogens is 368 g/mol. The molecule has 156 valence electrons. The van der Waals surface area contributed by atoms with Crippen molar-refractivity contribution < 1.29 is 18.8 Å². The van der Waals surface area contributed by atoms with Crippen LogP contribution in [0.2, 0.25) is 0 Å². The van der Waals surface area contributed by atoms with E-state index in [0.29, 0.717) is 25.5 Å². The molecule has 1 aromatic carbocycles. The first-order valence-electron chi connectivity index (χ1n) is 10.7. The Hall–Kier alpha value is -2.18. The molecule has 0 aliphatic carbocycles. The number of rotatable bonds is 7. The van der Waals surface area contributed by atoms with Crippen molar-refractivity contribution in [2.45, 2.75) is 32.6 Å². The molecule has 0 radical (unpaired) electrons. The summed E-state index contributed by atoms with van der Waals surface area (Å²) in [5, 5.41) is 4.23. The van der Waals surface area contributed by atoms with E-state index in [0.717, 1.165) is 62.6 Å². The summed E-state index contributed by atoms with van der Waals surface area (Å²) in [4.78, 5) is 15.5. The highest BCUT2D eigenvalue weighted by atomic mass is 16.5. The Balaban J connectivity index is 1.52. The number of esters is 1.